The molecule has 0 fully saturated rings. The second-order valence-corrected chi connectivity index (χ2v) is 9.02. The zero-order valence-corrected chi connectivity index (χ0v) is 15.0. The highest BCUT2D eigenvalue weighted by Crippen LogP contribution is 2.69. The van der Waals surface area contributed by atoms with Gasteiger partial charge in [-0.3, -0.25) is 0 Å². The summed E-state index contributed by atoms with van der Waals surface area (Å²) in [5.41, 5.74) is 0. The van der Waals surface area contributed by atoms with Gasteiger partial charge in [0.2, 0.25) is 0 Å². The van der Waals surface area contributed by atoms with Crippen molar-refractivity contribution < 1.29 is 75.5 Å². The summed E-state index contributed by atoms with van der Waals surface area (Å²) in [4.78, 5) is 49.4. The van der Waals surface area contributed by atoms with Gasteiger partial charge in [0.05, 0.1) is 26.4 Å². The first-order valence-electron chi connectivity index (χ1n) is 5.24. The minimum absolute atomic E-state index is 0.0278. The van der Waals surface area contributed by atoms with E-state index < -0.39 is 31.3 Å². The van der Waals surface area contributed by atoms with Crippen LogP contribution in [-0.4, -0.2) is 66.0 Å². The van der Waals surface area contributed by atoms with Crippen LogP contribution in [0.25, 0.3) is 0 Å². The lowest BCUT2D eigenvalue weighted by Crippen LogP contribution is -2.03. The molecule has 0 radical (unpaired) electrons. The molecule has 20 heteroatoms. The van der Waals surface area contributed by atoms with Crippen molar-refractivity contribution in [1.82, 2.24) is 0 Å². The lowest BCUT2D eigenvalue weighted by Gasteiger charge is -2.15. The minimum atomic E-state index is -5.77. The van der Waals surface area contributed by atoms with Gasteiger partial charge in [-0.15, -0.1) is 0 Å². The van der Waals surface area contributed by atoms with Gasteiger partial charge in [-0.1, -0.05) is 0 Å². The zero-order chi connectivity index (χ0) is 19.7. The van der Waals surface area contributed by atoms with Gasteiger partial charge < -0.3 is 44.3 Å². The third-order valence-electron chi connectivity index (χ3n) is 1.10. The van der Waals surface area contributed by atoms with Gasteiger partial charge in [0, 0.05) is 0 Å². The molecule has 0 spiro atoms. The van der Waals surface area contributed by atoms with Crippen molar-refractivity contribution in [2.24, 2.45) is 0 Å². The molecular formula is C4H16O16P4. The zero-order valence-electron chi connectivity index (χ0n) is 11.5. The molecule has 0 saturated carbocycles. The summed E-state index contributed by atoms with van der Waals surface area (Å²) in [6.07, 6.45) is 0. The van der Waals surface area contributed by atoms with E-state index in [4.69, 9.17) is 39.6 Å². The average Bonchev–Trinajstić information content (AvgIpc) is 2.21. The van der Waals surface area contributed by atoms with E-state index in [9.17, 15) is 18.3 Å². The molecule has 0 aliphatic heterocycles. The van der Waals surface area contributed by atoms with Gasteiger partial charge in [0.1, 0.15) is 0 Å². The molecular weight excluding hydrogens is 428 g/mol. The molecule has 0 amide bonds. The highest BCUT2D eigenvalue weighted by atomic mass is 31.3. The van der Waals surface area contributed by atoms with Crippen LogP contribution in [-0.2, 0) is 35.9 Å². The van der Waals surface area contributed by atoms with Crippen LogP contribution in [0.2, 0.25) is 0 Å². The second-order valence-electron chi connectivity index (χ2n) is 3.22. The van der Waals surface area contributed by atoms with E-state index in [0.717, 1.165) is 0 Å². The predicted molar refractivity (Wildman–Crippen MR) is 72.0 cm³/mol. The summed E-state index contributed by atoms with van der Waals surface area (Å²) < 4.78 is 55.5. The molecule has 0 aliphatic carbocycles. The first kappa shape index (κ1) is 26.7. The molecule has 24 heavy (non-hydrogen) atoms. The van der Waals surface area contributed by atoms with Gasteiger partial charge >= 0.3 is 31.3 Å². The van der Waals surface area contributed by atoms with Crippen LogP contribution >= 0.6 is 31.3 Å². The molecule has 2 atom stereocenters. The highest BCUT2D eigenvalue weighted by Gasteiger charge is 2.43. The van der Waals surface area contributed by atoms with Crippen LogP contribution in [0, 0.1) is 0 Å². The molecule has 16 nitrogen and oxygen atoms in total. The fourth-order valence-corrected chi connectivity index (χ4v) is 4.63. The van der Waals surface area contributed by atoms with Gasteiger partial charge in [0.25, 0.3) is 0 Å². The Hall–Kier alpha value is 0.440. The molecule has 0 heterocycles. The number of aliphatic hydroxyl groups is 2. The summed E-state index contributed by atoms with van der Waals surface area (Å²) in [7, 11) is -22.6. The van der Waals surface area contributed by atoms with E-state index >= 15 is 0 Å². The Kier molecular flexibility index (Phi) is 12.5. The monoisotopic (exact) mass is 444 g/mol. The molecule has 0 bridgehead atoms. The maximum Gasteiger partial charge on any atom is 0.490 e. The Morgan fingerprint density at radius 1 is 0.583 bits per heavy atom. The number of phosphoric acid groups is 4. The number of aliphatic hydroxyl groups excluding tert-OH is 2. The molecule has 148 valence electrons. The van der Waals surface area contributed by atoms with Gasteiger partial charge in [0.15, 0.2) is 0 Å². The van der Waals surface area contributed by atoms with Gasteiger partial charge in [-0.05, 0) is 0 Å². The van der Waals surface area contributed by atoms with Crippen molar-refractivity contribution in [2.75, 3.05) is 26.4 Å². The van der Waals surface area contributed by atoms with Crippen LogP contribution in [0.3, 0.4) is 0 Å². The van der Waals surface area contributed by atoms with Crippen LogP contribution in [0.4, 0.5) is 0 Å². The van der Waals surface area contributed by atoms with E-state index in [1.165, 1.54) is 0 Å². The van der Waals surface area contributed by atoms with Crippen molar-refractivity contribution in [3.63, 3.8) is 0 Å². The van der Waals surface area contributed by atoms with Crippen molar-refractivity contribution >= 4 is 31.3 Å². The Labute approximate surface area is 134 Å². The Morgan fingerprint density at radius 2 is 0.875 bits per heavy atom. The van der Waals surface area contributed by atoms with Crippen molar-refractivity contribution in [3.8, 4) is 0 Å². The normalized spacial score (nSPS) is 17.3. The summed E-state index contributed by atoms with van der Waals surface area (Å²) >= 11 is 0. The molecule has 0 aliphatic rings. The fourth-order valence-electron chi connectivity index (χ4n) is 0.660. The van der Waals surface area contributed by atoms with Crippen LogP contribution < -0.4 is 0 Å². The van der Waals surface area contributed by atoms with Crippen molar-refractivity contribution in [2.45, 2.75) is 0 Å². The molecule has 2 unspecified atom stereocenters. The largest absolute Gasteiger partial charge is 0.490 e. The van der Waals surface area contributed by atoms with Crippen LogP contribution in [0.1, 0.15) is 0 Å². The lowest BCUT2D eigenvalue weighted by molar-refractivity contribution is 0.0650. The quantitative estimate of drug-likeness (QED) is 0.139. The number of hydrogen-bond acceptors (Lipinski definition) is 10. The lowest BCUT2D eigenvalue weighted by atomic mass is 10.7. The van der Waals surface area contributed by atoms with E-state index in [1.807, 2.05) is 0 Å². The summed E-state index contributed by atoms with van der Waals surface area (Å²) in [5.74, 6) is 0. The van der Waals surface area contributed by atoms with Crippen molar-refractivity contribution in [3.05, 3.63) is 0 Å². The van der Waals surface area contributed by atoms with Gasteiger partial charge in [-0.25, -0.2) is 18.3 Å². The van der Waals surface area contributed by atoms with Gasteiger partial charge in [-0.2, -0.15) is 12.9 Å². The van der Waals surface area contributed by atoms with Crippen LogP contribution in [0.5, 0.6) is 0 Å². The molecule has 0 aromatic heterocycles. The molecule has 0 rings (SSSR count). The van der Waals surface area contributed by atoms with E-state index in [-0.39, 0.29) is 13.2 Å². The first-order chi connectivity index (χ1) is 10.5. The standard InChI is InChI=1S/C4H10O3.H6O13P4/c5-1-3-7-4-2-6;1-14(2,3)11-16(7,8)13-17(9,10)12-15(4,5)6/h5-6H,1-4H2;(H,7,8)(H,9,10)(H2,1,2,3)(H2,4,5,6). The molecule has 0 saturated heterocycles. The summed E-state index contributed by atoms with van der Waals surface area (Å²) in [6, 6.07) is 0. The average molecular weight is 444 g/mol. The third-order valence-corrected chi connectivity index (χ3v) is 6.10. The van der Waals surface area contributed by atoms with E-state index in [0.29, 0.717) is 13.2 Å². The Bertz CT molecular complexity index is 484. The molecule has 0 aromatic rings. The Morgan fingerprint density at radius 3 is 1.08 bits per heavy atom. The predicted octanol–water partition coefficient (Wildman–Crippen LogP) is -1.59. The van der Waals surface area contributed by atoms with Crippen LogP contribution in [0.15, 0.2) is 0 Å². The third kappa shape index (κ3) is 20.5. The summed E-state index contributed by atoms with van der Waals surface area (Å²) in [5, 5.41) is 16.2. The highest BCUT2D eigenvalue weighted by molar-refractivity contribution is 7.69. The molecule has 0 aromatic carbocycles. The second kappa shape index (κ2) is 11.2. The van der Waals surface area contributed by atoms with E-state index in [2.05, 4.69) is 17.7 Å². The van der Waals surface area contributed by atoms with E-state index in [1.54, 1.807) is 0 Å². The van der Waals surface area contributed by atoms with Crippen molar-refractivity contribution in [1.29, 1.82) is 0 Å². The maximum absolute atomic E-state index is 10.7. The number of rotatable bonds is 10. The topological polar surface area (TPSA) is 267 Å². The number of ether oxygens (including phenoxy) is 1. The summed E-state index contributed by atoms with van der Waals surface area (Å²) in [6.45, 7) is 0.696. The fraction of sp³-hybridized carbons (Fsp3) is 1.00. The smallest absolute Gasteiger partial charge is 0.394 e. The molecule has 8 N–H and O–H groups in total. The SMILES string of the molecule is O=P(O)(O)OP(=O)(O)OP(=O)(O)OP(=O)(O)O.OCCOCCO. The maximum atomic E-state index is 10.7. The minimum Gasteiger partial charge on any atom is -0.394 e. The first-order valence-corrected chi connectivity index (χ1v) is 11.3. The Balaban J connectivity index is 0. The number of hydrogen-bond donors (Lipinski definition) is 8.